The van der Waals surface area contributed by atoms with Crippen molar-refractivity contribution in [3.05, 3.63) is 29.6 Å². The minimum absolute atomic E-state index is 0.140. The lowest BCUT2D eigenvalue weighted by atomic mass is 9.84. The van der Waals surface area contributed by atoms with Crippen molar-refractivity contribution >= 4 is 11.6 Å². The van der Waals surface area contributed by atoms with Crippen molar-refractivity contribution in [1.82, 2.24) is 9.80 Å². The molecule has 0 radical (unpaired) electrons. The second-order valence-corrected chi connectivity index (χ2v) is 6.22. The fraction of sp³-hybridized carbons (Fsp3) is 0.562. The first-order valence-electron chi connectivity index (χ1n) is 7.61. The van der Waals surface area contributed by atoms with Gasteiger partial charge in [0.2, 0.25) is 0 Å². The van der Waals surface area contributed by atoms with E-state index in [0.717, 1.165) is 32.5 Å². The second-order valence-electron chi connectivity index (χ2n) is 6.22. The first-order chi connectivity index (χ1) is 10.1. The average Bonchev–Trinajstić information content (AvgIpc) is 2.49. The Kier molecular flexibility index (Phi) is 3.85. The number of carbonyl (C=O) groups excluding carboxylic acids is 1. The van der Waals surface area contributed by atoms with Gasteiger partial charge in [-0.1, -0.05) is 0 Å². The van der Waals surface area contributed by atoms with Gasteiger partial charge in [0.25, 0.3) is 5.91 Å². The van der Waals surface area contributed by atoms with Crippen LogP contribution in [0.3, 0.4) is 0 Å². The van der Waals surface area contributed by atoms with Crippen molar-refractivity contribution in [3.8, 4) is 0 Å². The van der Waals surface area contributed by atoms with E-state index < -0.39 is 5.82 Å². The molecule has 2 N–H and O–H groups in total. The van der Waals surface area contributed by atoms with E-state index in [0.29, 0.717) is 17.6 Å². The monoisotopic (exact) mass is 291 g/mol. The maximum absolute atomic E-state index is 13.4. The minimum Gasteiger partial charge on any atom is -0.398 e. The largest absolute Gasteiger partial charge is 0.398 e. The Morgan fingerprint density at radius 1 is 1.33 bits per heavy atom. The maximum Gasteiger partial charge on any atom is 0.256 e. The fourth-order valence-corrected chi connectivity index (χ4v) is 3.72. The second kappa shape index (κ2) is 5.64. The topological polar surface area (TPSA) is 49.6 Å². The molecule has 3 rings (SSSR count). The molecular weight excluding hydrogens is 269 g/mol. The highest BCUT2D eigenvalue weighted by molar-refractivity contribution is 5.99. The molecule has 21 heavy (non-hydrogen) atoms. The van der Waals surface area contributed by atoms with Crippen LogP contribution in [0.15, 0.2) is 18.2 Å². The lowest BCUT2D eigenvalue weighted by Crippen LogP contribution is -2.53. The normalized spacial score (nSPS) is 26.5. The number of nitrogens with zero attached hydrogens (tertiary/aromatic N) is 2. The van der Waals surface area contributed by atoms with Gasteiger partial charge >= 0.3 is 0 Å². The molecule has 0 saturated carbocycles. The predicted octanol–water partition coefficient (Wildman–Crippen LogP) is 1.96. The lowest BCUT2D eigenvalue weighted by molar-refractivity contribution is 0.0317. The summed E-state index contributed by atoms with van der Waals surface area (Å²) in [4.78, 5) is 16.8. The smallest absolute Gasteiger partial charge is 0.256 e. The van der Waals surface area contributed by atoms with Gasteiger partial charge < -0.3 is 15.5 Å². The van der Waals surface area contributed by atoms with Crippen LogP contribution in [0.4, 0.5) is 10.1 Å². The number of piperidine rings is 2. The number of hydrogen-bond donors (Lipinski definition) is 1. The Morgan fingerprint density at radius 2 is 2.14 bits per heavy atom. The number of fused-ring (bicyclic) bond motifs is 1. The fourth-order valence-electron chi connectivity index (χ4n) is 3.72. The number of anilines is 1. The zero-order valence-corrected chi connectivity index (χ0v) is 12.4. The summed E-state index contributed by atoms with van der Waals surface area (Å²) >= 11 is 0. The molecule has 1 aromatic rings. The van der Waals surface area contributed by atoms with E-state index in [2.05, 4.69) is 11.9 Å². The lowest BCUT2D eigenvalue weighted by Gasteiger charge is -2.46. The summed E-state index contributed by atoms with van der Waals surface area (Å²) in [5, 5.41) is 0. The van der Waals surface area contributed by atoms with E-state index in [4.69, 9.17) is 5.73 Å². The molecule has 2 aliphatic heterocycles. The Balaban J connectivity index is 1.76. The third-order valence-electron chi connectivity index (χ3n) is 4.88. The molecule has 0 aromatic heterocycles. The minimum atomic E-state index is -0.417. The molecule has 1 amide bonds. The summed E-state index contributed by atoms with van der Waals surface area (Å²) in [5.74, 6) is -0.0326. The number of carbonyl (C=O) groups is 1. The van der Waals surface area contributed by atoms with Crippen molar-refractivity contribution in [3.63, 3.8) is 0 Å². The van der Waals surface area contributed by atoms with Crippen LogP contribution in [0.2, 0.25) is 0 Å². The highest BCUT2D eigenvalue weighted by atomic mass is 19.1. The van der Waals surface area contributed by atoms with Crippen LogP contribution in [0, 0.1) is 11.7 Å². The van der Waals surface area contributed by atoms with E-state index in [1.807, 2.05) is 4.90 Å². The third kappa shape index (κ3) is 2.75. The van der Waals surface area contributed by atoms with Gasteiger partial charge in [-0.3, -0.25) is 4.79 Å². The third-order valence-corrected chi connectivity index (χ3v) is 4.88. The molecule has 5 heteroatoms. The highest BCUT2D eigenvalue weighted by Gasteiger charge is 2.36. The number of halogens is 1. The average molecular weight is 291 g/mol. The number of hydrogen-bond acceptors (Lipinski definition) is 3. The van der Waals surface area contributed by atoms with Gasteiger partial charge in [-0.25, -0.2) is 4.39 Å². The van der Waals surface area contributed by atoms with E-state index >= 15 is 0 Å². The number of amides is 1. The number of nitrogens with two attached hydrogens (primary N) is 1. The first kappa shape index (κ1) is 14.3. The van der Waals surface area contributed by atoms with Gasteiger partial charge in [-0.15, -0.1) is 0 Å². The van der Waals surface area contributed by atoms with Gasteiger partial charge in [0.15, 0.2) is 0 Å². The Bertz CT molecular complexity index is 548. The first-order valence-corrected chi connectivity index (χ1v) is 7.61. The standard InChI is InChI=1S/C16H22FN3O/c1-19-7-2-3-11-10-20(8-6-15(11)19)16(21)13-9-12(17)4-5-14(13)18/h4-5,9,11,15H,2-3,6-8,10,18H2,1H3. The van der Waals surface area contributed by atoms with Crippen LogP contribution in [0.25, 0.3) is 0 Å². The maximum atomic E-state index is 13.4. The number of benzene rings is 1. The zero-order valence-electron chi connectivity index (χ0n) is 12.4. The van der Waals surface area contributed by atoms with E-state index in [1.54, 1.807) is 0 Å². The summed E-state index contributed by atoms with van der Waals surface area (Å²) in [6.07, 6.45) is 3.33. The summed E-state index contributed by atoms with van der Waals surface area (Å²) in [7, 11) is 2.17. The van der Waals surface area contributed by atoms with Gasteiger partial charge in [0.1, 0.15) is 5.82 Å². The Hall–Kier alpha value is -1.62. The van der Waals surface area contributed by atoms with Crippen molar-refractivity contribution in [2.75, 3.05) is 32.4 Å². The van der Waals surface area contributed by atoms with Crippen LogP contribution in [0.1, 0.15) is 29.6 Å². The Labute approximate surface area is 124 Å². The molecule has 114 valence electrons. The van der Waals surface area contributed by atoms with Crippen molar-refractivity contribution in [2.24, 2.45) is 5.92 Å². The van der Waals surface area contributed by atoms with Crippen LogP contribution in [-0.4, -0.2) is 48.4 Å². The van der Waals surface area contributed by atoms with Gasteiger partial charge in [-0.05, 0) is 57.0 Å². The number of rotatable bonds is 1. The summed E-state index contributed by atoms with van der Waals surface area (Å²) in [5.41, 5.74) is 6.47. The van der Waals surface area contributed by atoms with Crippen molar-refractivity contribution in [1.29, 1.82) is 0 Å². The van der Waals surface area contributed by atoms with Crippen LogP contribution >= 0.6 is 0 Å². The molecule has 2 unspecified atom stereocenters. The van der Waals surface area contributed by atoms with Crippen LogP contribution < -0.4 is 5.73 Å². The summed E-state index contributed by atoms with van der Waals surface area (Å²) < 4.78 is 13.4. The van der Waals surface area contributed by atoms with E-state index in [9.17, 15) is 9.18 Å². The number of likely N-dealkylation sites (tertiary alicyclic amines) is 2. The molecular formula is C16H22FN3O. The molecule has 1 aromatic carbocycles. The molecule has 2 aliphatic rings. The zero-order chi connectivity index (χ0) is 15.0. The molecule has 2 fully saturated rings. The molecule has 2 saturated heterocycles. The highest BCUT2D eigenvalue weighted by Crippen LogP contribution is 2.30. The SMILES string of the molecule is CN1CCCC2CN(C(=O)c3cc(F)ccc3N)CCC21. The predicted molar refractivity (Wildman–Crippen MR) is 80.5 cm³/mol. The molecule has 0 bridgehead atoms. The molecule has 0 aliphatic carbocycles. The van der Waals surface area contributed by atoms with Gasteiger partial charge in [-0.2, -0.15) is 0 Å². The van der Waals surface area contributed by atoms with Crippen LogP contribution in [-0.2, 0) is 0 Å². The van der Waals surface area contributed by atoms with Crippen molar-refractivity contribution in [2.45, 2.75) is 25.3 Å². The molecule has 4 nitrogen and oxygen atoms in total. The van der Waals surface area contributed by atoms with Crippen LogP contribution in [0.5, 0.6) is 0 Å². The van der Waals surface area contributed by atoms with Gasteiger partial charge in [0.05, 0.1) is 5.56 Å². The van der Waals surface area contributed by atoms with Gasteiger partial charge in [0, 0.05) is 24.8 Å². The Morgan fingerprint density at radius 3 is 2.95 bits per heavy atom. The summed E-state index contributed by atoms with van der Waals surface area (Å²) in [6.45, 7) is 2.62. The van der Waals surface area contributed by atoms with E-state index in [1.165, 1.54) is 24.6 Å². The number of nitrogen functional groups attached to an aromatic ring is 1. The quantitative estimate of drug-likeness (QED) is 0.805. The molecule has 0 spiro atoms. The molecule has 2 atom stereocenters. The van der Waals surface area contributed by atoms with Crippen molar-refractivity contribution < 1.29 is 9.18 Å². The summed E-state index contributed by atoms with van der Waals surface area (Å²) in [6, 6.07) is 4.57. The van der Waals surface area contributed by atoms with E-state index in [-0.39, 0.29) is 11.5 Å². The molecule has 2 heterocycles.